The maximum absolute atomic E-state index is 11.7. The minimum absolute atomic E-state index is 0.265. The molecule has 0 aliphatic rings. The van der Waals surface area contributed by atoms with E-state index in [1.807, 2.05) is 6.92 Å². The van der Waals surface area contributed by atoms with Gasteiger partial charge in [-0.15, -0.1) is 0 Å². The number of carbonyl (C=O) groups is 1. The molecular weight excluding hydrogens is 276 g/mol. The Morgan fingerprint density at radius 1 is 1.62 bits per heavy atom. The van der Waals surface area contributed by atoms with Crippen LogP contribution in [-0.2, 0) is 4.84 Å². The lowest BCUT2D eigenvalue weighted by Gasteiger charge is -2.13. The highest BCUT2D eigenvalue weighted by Gasteiger charge is 2.14. The minimum Gasteiger partial charge on any atom is -0.477 e. The molecule has 0 aliphatic heterocycles. The molecule has 0 aromatic carbocycles. The van der Waals surface area contributed by atoms with Gasteiger partial charge in [0.15, 0.2) is 0 Å². The van der Waals surface area contributed by atoms with Gasteiger partial charge in [-0.2, -0.15) is 0 Å². The average Bonchev–Trinajstić information content (AvgIpc) is 2.30. The summed E-state index contributed by atoms with van der Waals surface area (Å²) in [6, 6.07) is 1.65. The van der Waals surface area contributed by atoms with Gasteiger partial charge in [0.05, 0.1) is 23.8 Å². The Bertz CT molecular complexity index is 384. The summed E-state index contributed by atoms with van der Waals surface area (Å²) >= 11 is 3.29. The zero-order valence-corrected chi connectivity index (χ0v) is 10.9. The molecule has 1 heterocycles. The second-order valence-corrected chi connectivity index (χ2v) is 3.78. The number of hydroxylamine groups is 2. The molecule has 0 atom stereocenters. The first-order chi connectivity index (χ1) is 7.60. The summed E-state index contributed by atoms with van der Waals surface area (Å²) in [6.07, 6.45) is 1.45. The van der Waals surface area contributed by atoms with Crippen LogP contribution in [0.15, 0.2) is 16.7 Å². The smallest absolute Gasteiger partial charge is 0.278 e. The molecule has 5 nitrogen and oxygen atoms in total. The fraction of sp³-hybridized carbons (Fsp3) is 0.400. The van der Waals surface area contributed by atoms with Crippen LogP contribution in [0.5, 0.6) is 5.88 Å². The molecule has 0 fully saturated rings. The van der Waals surface area contributed by atoms with Crippen molar-refractivity contribution in [2.24, 2.45) is 0 Å². The van der Waals surface area contributed by atoms with Crippen molar-refractivity contribution >= 4 is 21.8 Å². The standard InChI is InChI=1S/C10H13BrN2O3/c1-4-16-9-8(11)5-7(6-12-9)10(14)13(2)15-3/h5-6H,4H2,1-3H3. The van der Waals surface area contributed by atoms with E-state index in [-0.39, 0.29) is 5.91 Å². The number of halogens is 1. The van der Waals surface area contributed by atoms with Gasteiger partial charge in [0.2, 0.25) is 5.88 Å². The van der Waals surface area contributed by atoms with Crippen LogP contribution in [0.25, 0.3) is 0 Å². The minimum atomic E-state index is -0.265. The first-order valence-corrected chi connectivity index (χ1v) is 5.50. The van der Waals surface area contributed by atoms with Gasteiger partial charge in [0.1, 0.15) is 0 Å². The average molecular weight is 289 g/mol. The summed E-state index contributed by atoms with van der Waals surface area (Å²) in [7, 11) is 2.96. The number of rotatable bonds is 4. The van der Waals surface area contributed by atoms with Gasteiger partial charge >= 0.3 is 0 Å². The maximum atomic E-state index is 11.7. The van der Waals surface area contributed by atoms with Crippen LogP contribution in [0, 0.1) is 0 Å². The third kappa shape index (κ3) is 2.93. The van der Waals surface area contributed by atoms with E-state index in [1.54, 1.807) is 6.07 Å². The monoisotopic (exact) mass is 288 g/mol. The first kappa shape index (κ1) is 12.9. The van der Waals surface area contributed by atoms with Crippen LogP contribution in [0.3, 0.4) is 0 Å². The van der Waals surface area contributed by atoms with Crippen molar-refractivity contribution in [2.45, 2.75) is 6.92 Å². The summed E-state index contributed by atoms with van der Waals surface area (Å²) < 4.78 is 5.89. The van der Waals surface area contributed by atoms with Crippen molar-refractivity contribution in [3.8, 4) is 5.88 Å². The molecule has 1 aromatic rings. The third-order valence-corrected chi connectivity index (χ3v) is 2.46. The largest absolute Gasteiger partial charge is 0.477 e. The molecule has 1 aromatic heterocycles. The molecular formula is C10H13BrN2O3. The van der Waals surface area contributed by atoms with Crippen LogP contribution in [0.1, 0.15) is 17.3 Å². The van der Waals surface area contributed by atoms with E-state index in [2.05, 4.69) is 20.9 Å². The Morgan fingerprint density at radius 3 is 2.81 bits per heavy atom. The highest BCUT2D eigenvalue weighted by molar-refractivity contribution is 9.10. The Labute approximate surface area is 102 Å². The lowest BCUT2D eigenvalue weighted by atomic mass is 10.2. The van der Waals surface area contributed by atoms with Gasteiger partial charge in [-0.1, -0.05) is 0 Å². The van der Waals surface area contributed by atoms with Crippen LogP contribution in [0.4, 0.5) is 0 Å². The third-order valence-electron chi connectivity index (χ3n) is 1.90. The summed E-state index contributed by atoms with van der Waals surface area (Å²) in [5.74, 6) is 0.206. The molecule has 0 aliphatic carbocycles. The molecule has 0 saturated heterocycles. The van der Waals surface area contributed by atoms with E-state index >= 15 is 0 Å². The van der Waals surface area contributed by atoms with Crippen LogP contribution in [-0.4, -0.2) is 36.7 Å². The number of ether oxygens (including phenoxy) is 1. The van der Waals surface area contributed by atoms with Crippen molar-refractivity contribution in [3.63, 3.8) is 0 Å². The SMILES string of the molecule is CCOc1ncc(C(=O)N(C)OC)cc1Br. The first-order valence-electron chi connectivity index (χ1n) is 4.70. The lowest BCUT2D eigenvalue weighted by Crippen LogP contribution is -2.25. The fourth-order valence-electron chi connectivity index (χ4n) is 1.05. The van der Waals surface area contributed by atoms with E-state index in [0.717, 1.165) is 5.06 Å². The predicted octanol–water partition coefficient (Wildman–Crippen LogP) is 1.88. The number of hydrogen-bond donors (Lipinski definition) is 0. The molecule has 0 saturated carbocycles. The summed E-state index contributed by atoms with van der Waals surface area (Å²) in [6.45, 7) is 2.39. The van der Waals surface area contributed by atoms with E-state index in [9.17, 15) is 4.79 Å². The van der Waals surface area contributed by atoms with E-state index < -0.39 is 0 Å². The molecule has 6 heteroatoms. The summed E-state index contributed by atoms with van der Waals surface area (Å²) in [5, 5.41) is 1.13. The van der Waals surface area contributed by atoms with E-state index in [4.69, 9.17) is 9.57 Å². The van der Waals surface area contributed by atoms with Gasteiger partial charge in [-0.25, -0.2) is 10.0 Å². The summed E-state index contributed by atoms with van der Waals surface area (Å²) in [5.41, 5.74) is 0.430. The van der Waals surface area contributed by atoms with Crippen LogP contribution < -0.4 is 4.74 Å². The molecule has 1 rings (SSSR count). The highest BCUT2D eigenvalue weighted by atomic mass is 79.9. The number of nitrogens with zero attached hydrogens (tertiary/aromatic N) is 2. The Kier molecular flexibility index (Phi) is 4.70. The number of hydrogen-bond acceptors (Lipinski definition) is 4. The van der Waals surface area contributed by atoms with Crippen LogP contribution in [0.2, 0.25) is 0 Å². The number of amides is 1. The van der Waals surface area contributed by atoms with E-state index in [1.165, 1.54) is 20.4 Å². The number of carbonyl (C=O) groups excluding carboxylic acids is 1. The quantitative estimate of drug-likeness (QED) is 0.794. The Morgan fingerprint density at radius 2 is 2.31 bits per heavy atom. The van der Waals surface area contributed by atoms with Crippen molar-refractivity contribution < 1.29 is 14.4 Å². The lowest BCUT2D eigenvalue weighted by molar-refractivity contribution is -0.0757. The second kappa shape index (κ2) is 5.81. The summed E-state index contributed by atoms with van der Waals surface area (Å²) in [4.78, 5) is 20.5. The van der Waals surface area contributed by atoms with Gasteiger partial charge in [0, 0.05) is 13.2 Å². The van der Waals surface area contributed by atoms with E-state index in [0.29, 0.717) is 22.5 Å². The topological polar surface area (TPSA) is 51.7 Å². The molecule has 0 N–H and O–H groups in total. The van der Waals surface area contributed by atoms with Gasteiger partial charge in [0.25, 0.3) is 5.91 Å². The fourth-order valence-corrected chi connectivity index (χ4v) is 1.51. The van der Waals surface area contributed by atoms with Gasteiger partial charge in [-0.05, 0) is 28.9 Å². The molecule has 0 unspecified atom stereocenters. The Hall–Kier alpha value is -1.14. The molecule has 0 radical (unpaired) electrons. The molecule has 0 spiro atoms. The van der Waals surface area contributed by atoms with Crippen molar-refractivity contribution in [1.82, 2.24) is 10.0 Å². The van der Waals surface area contributed by atoms with Crippen molar-refractivity contribution in [3.05, 3.63) is 22.3 Å². The second-order valence-electron chi connectivity index (χ2n) is 2.93. The van der Waals surface area contributed by atoms with Crippen LogP contribution >= 0.6 is 15.9 Å². The number of pyridine rings is 1. The van der Waals surface area contributed by atoms with Gasteiger partial charge in [-0.3, -0.25) is 9.63 Å². The normalized spacial score (nSPS) is 10.0. The zero-order valence-electron chi connectivity index (χ0n) is 9.36. The molecule has 88 valence electrons. The van der Waals surface area contributed by atoms with Crippen molar-refractivity contribution in [1.29, 1.82) is 0 Å². The molecule has 1 amide bonds. The van der Waals surface area contributed by atoms with Crippen molar-refractivity contribution in [2.75, 3.05) is 20.8 Å². The highest BCUT2D eigenvalue weighted by Crippen LogP contribution is 2.23. The Balaban J connectivity index is 2.92. The van der Waals surface area contributed by atoms with Gasteiger partial charge < -0.3 is 4.74 Å². The maximum Gasteiger partial charge on any atom is 0.278 e. The number of aromatic nitrogens is 1. The predicted molar refractivity (Wildman–Crippen MR) is 62.2 cm³/mol. The molecule has 16 heavy (non-hydrogen) atoms. The zero-order chi connectivity index (χ0) is 12.1. The molecule has 0 bridgehead atoms.